The molecule has 0 bridgehead atoms. The molecule has 0 fully saturated rings. The number of aryl methyl sites for hydroxylation is 2. The van der Waals surface area contributed by atoms with Gasteiger partial charge in [-0.25, -0.2) is 0 Å². The van der Waals surface area contributed by atoms with Crippen molar-refractivity contribution in [2.24, 2.45) is 0 Å². The fourth-order valence-corrected chi connectivity index (χ4v) is 2.62. The van der Waals surface area contributed by atoms with Crippen molar-refractivity contribution >= 4 is 29.3 Å². The molecule has 4 heteroatoms. The van der Waals surface area contributed by atoms with Crippen molar-refractivity contribution in [2.45, 2.75) is 33.6 Å². The first-order chi connectivity index (χ1) is 12.0. The van der Waals surface area contributed by atoms with Gasteiger partial charge in [0, 0.05) is 24.4 Å². The molecule has 0 heterocycles. The number of amides is 2. The maximum Gasteiger partial charge on any atom is 0.248 e. The summed E-state index contributed by atoms with van der Waals surface area (Å²) in [7, 11) is 0. The van der Waals surface area contributed by atoms with Crippen LogP contribution in [-0.4, -0.2) is 11.8 Å². The third-order valence-corrected chi connectivity index (χ3v) is 3.91. The summed E-state index contributed by atoms with van der Waals surface area (Å²) in [6.45, 7) is 5.63. The second-order valence-electron chi connectivity index (χ2n) is 5.78. The second kappa shape index (κ2) is 8.83. The minimum atomic E-state index is -0.151. The largest absolute Gasteiger partial charge is 0.326 e. The number of anilines is 2. The van der Waals surface area contributed by atoms with E-state index < -0.39 is 0 Å². The van der Waals surface area contributed by atoms with Crippen LogP contribution in [0.3, 0.4) is 0 Å². The van der Waals surface area contributed by atoms with Gasteiger partial charge in [0.1, 0.15) is 0 Å². The minimum Gasteiger partial charge on any atom is -0.326 e. The van der Waals surface area contributed by atoms with E-state index in [1.165, 1.54) is 13.0 Å². The van der Waals surface area contributed by atoms with Crippen LogP contribution in [0, 0.1) is 0 Å². The van der Waals surface area contributed by atoms with Crippen LogP contribution in [0.15, 0.2) is 48.5 Å². The first-order valence-electron chi connectivity index (χ1n) is 8.51. The first kappa shape index (κ1) is 18.5. The summed E-state index contributed by atoms with van der Waals surface area (Å²) in [6, 6.07) is 13.4. The molecule has 0 unspecified atom stereocenters. The highest BCUT2D eigenvalue weighted by Gasteiger charge is 2.08. The lowest BCUT2D eigenvalue weighted by atomic mass is 10.0. The van der Waals surface area contributed by atoms with Crippen LogP contribution >= 0.6 is 0 Å². The molecule has 0 radical (unpaired) electrons. The van der Waals surface area contributed by atoms with Gasteiger partial charge in [-0.15, -0.1) is 0 Å². The average molecular weight is 336 g/mol. The van der Waals surface area contributed by atoms with E-state index >= 15 is 0 Å². The van der Waals surface area contributed by atoms with Gasteiger partial charge in [0.25, 0.3) is 0 Å². The van der Waals surface area contributed by atoms with Gasteiger partial charge in [-0.1, -0.05) is 44.2 Å². The highest BCUT2D eigenvalue weighted by molar-refractivity contribution is 6.02. The Hall–Kier alpha value is -2.88. The second-order valence-corrected chi connectivity index (χ2v) is 5.78. The lowest BCUT2D eigenvalue weighted by Gasteiger charge is -2.13. The minimum absolute atomic E-state index is 0.107. The summed E-state index contributed by atoms with van der Waals surface area (Å²) in [5.41, 5.74) is 4.83. The molecule has 2 amide bonds. The van der Waals surface area contributed by atoms with Crippen LogP contribution in [0.5, 0.6) is 0 Å². The molecule has 25 heavy (non-hydrogen) atoms. The van der Waals surface area contributed by atoms with Crippen LogP contribution in [0.1, 0.15) is 37.5 Å². The van der Waals surface area contributed by atoms with Crippen molar-refractivity contribution in [1.29, 1.82) is 0 Å². The number of carbonyl (C=O) groups excluding carboxylic acids is 2. The Bertz CT molecular complexity index is 755. The Morgan fingerprint density at radius 2 is 1.52 bits per heavy atom. The fraction of sp³-hybridized carbons (Fsp3) is 0.238. The maximum atomic E-state index is 12.3. The summed E-state index contributed by atoms with van der Waals surface area (Å²) >= 11 is 0. The lowest BCUT2D eigenvalue weighted by molar-refractivity contribution is -0.114. The van der Waals surface area contributed by atoms with Crippen LogP contribution in [0.4, 0.5) is 11.4 Å². The van der Waals surface area contributed by atoms with E-state index in [9.17, 15) is 9.59 Å². The Labute approximate surface area is 149 Å². The Balaban J connectivity index is 2.07. The van der Waals surface area contributed by atoms with Gasteiger partial charge in [-0.3, -0.25) is 9.59 Å². The third-order valence-electron chi connectivity index (χ3n) is 3.91. The number of nitrogens with one attached hydrogen (secondary N) is 2. The van der Waals surface area contributed by atoms with E-state index in [-0.39, 0.29) is 11.8 Å². The normalized spacial score (nSPS) is 10.7. The molecule has 130 valence electrons. The molecule has 0 saturated carbocycles. The summed E-state index contributed by atoms with van der Waals surface area (Å²) in [5, 5.41) is 5.72. The SMILES string of the molecule is CCc1cccc(CC)c1NC(=O)C=Cc1ccc(NC(C)=O)cc1. The van der Waals surface area contributed by atoms with Gasteiger partial charge >= 0.3 is 0 Å². The Morgan fingerprint density at radius 1 is 0.920 bits per heavy atom. The monoisotopic (exact) mass is 336 g/mol. The zero-order valence-corrected chi connectivity index (χ0v) is 14.9. The predicted molar refractivity (Wildman–Crippen MR) is 104 cm³/mol. The molecule has 2 N–H and O–H groups in total. The molecule has 0 aromatic heterocycles. The van der Waals surface area contributed by atoms with Crippen molar-refractivity contribution in [2.75, 3.05) is 10.6 Å². The molecule has 0 aliphatic heterocycles. The van der Waals surface area contributed by atoms with E-state index in [4.69, 9.17) is 0 Å². The highest BCUT2D eigenvalue weighted by Crippen LogP contribution is 2.22. The average Bonchev–Trinajstić information content (AvgIpc) is 2.60. The topological polar surface area (TPSA) is 58.2 Å². The molecule has 4 nitrogen and oxygen atoms in total. The van der Waals surface area contributed by atoms with Gasteiger partial charge in [0.05, 0.1) is 0 Å². The van der Waals surface area contributed by atoms with Crippen molar-refractivity contribution < 1.29 is 9.59 Å². The quantitative estimate of drug-likeness (QED) is 0.767. The van der Waals surface area contributed by atoms with Crippen molar-refractivity contribution in [1.82, 2.24) is 0 Å². The molecule has 0 aliphatic rings. The van der Waals surface area contributed by atoms with E-state index in [0.717, 1.165) is 40.9 Å². The molecule has 2 rings (SSSR count). The molecule has 0 saturated heterocycles. The Morgan fingerprint density at radius 3 is 2.04 bits per heavy atom. The van der Waals surface area contributed by atoms with Crippen molar-refractivity contribution in [3.63, 3.8) is 0 Å². The maximum absolute atomic E-state index is 12.3. The molecule has 0 atom stereocenters. The van der Waals surface area contributed by atoms with E-state index in [0.29, 0.717) is 0 Å². The number of hydrogen-bond donors (Lipinski definition) is 2. The number of para-hydroxylation sites is 1. The fourth-order valence-electron chi connectivity index (χ4n) is 2.62. The van der Waals surface area contributed by atoms with Gasteiger partial charge < -0.3 is 10.6 Å². The van der Waals surface area contributed by atoms with E-state index in [2.05, 4.69) is 24.5 Å². The van der Waals surface area contributed by atoms with Crippen LogP contribution < -0.4 is 10.6 Å². The van der Waals surface area contributed by atoms with Crippen molar-refractivity contribution in [3.05, 3.63) is 65.2 Å². The lowest BCUT2D eigenvalue weighted by Crippen LogP contribution is -2.11. The van der Waals surface area contributed by atoms with Gasteiger partial charge in [0.2, 0.25) is 11.8 Å². The Kier molecular flexibility index (Phi) is 6.52. The molecule has 2 aromatic carbocycles. The zero-order valence-electron chi connectivity index (χ0n) is 14.9. The molecule has 0 aliphatic carbocycles. The van der Waals surface area contributed by atoms with E-state index in [1.54, 1.807) is 18.2 Å². The smallest absolute Gasteiger partial charge is 0.248 e. The summed E-state index contributed by atoms with van der Waals surface area (Å²) in [4.78, 5) is 23.3. The number of carbonyl (C=O) groups is 2. The standard InChI is InChI=1S/C21H24N2O2/c1-4-17-7-6-8-18(5-2)21(17)23-20(25)14-11-16-9-12-19(13-10-16)22-15(3)24/h6-14H,4-5H2,1-3H3,(H,22,24)(H,23,25). The van der Waals surface area contributed by atoms with E-state index in [1.807, 2.05) is 30.3 Å². The molecule has 2 aromatic rings. The predicted octanol–water partition coefficient (Wildman–Crippen LogP) is 4.42. The number of benzene rings is 2. The molecule has 0 spiro atoms. The molecular formula is C21H24N2O2. The van der Waals surface area contributed by atoms with Gasteiger partial charge in [0.15, 0.2) is 0 Å². The summed E-state index contributed by atoms with van der Waals surface area (Å²) in [5.74, 6) is -0.259. The number of rotatable bonds is 6. The first-order valence-corrected chi connectivity index (χ1v) is 8.51. The van der Waals surface area contributed by atoms with Crippen LogP contribution in [-0.2, 0) is 22.4 Å². The van der Waals surface area contributed by atoms with Crippen LogP contribution in [0.2, 0.25) is 0 Å². The van der Waals surface area contributed by atoms with Gasteiger partial charge in [-0.2, -0.15) is 0 Å². The third kappa shape index (κ3) is 5.31. The zero-order chi connectivity index (χ0) is 18.2. The van der Waals surface area contributed by atoms with Crippen LogP contribution in [0.25, 0.3) is 6.08 Å². The van der Waals surface area contributed by atoms with Crippen molar-refractivity contribution in [3.8, 4) is 0 Å². The summed E-state index contributed by atoms with van der Waals surface area (Å²) in [6.07, 6.45) is 5.03. The number of hydrogen-bond acceptors (Lipinski definition) is 2. The summed E-state index contributed by atoms with van der Waals surface area (Å²) < 4.78 is 0. The van der Waals surface area contributed by atoms with Gasteiger partial charge in [-0.05, 0) is 47.7 Å². The molecular weight excluding hydrogens is 312 g/mol. The highest BCUT2D eigenvalue weighted by atomic mass is 16.2.